The first-order chi connectivity index (χ1) is 13.1. The Kier molecular flexibility index (Phi) is 5.58. The van der Waals surface area contributed by atoms with Gasteiger partial charge in [0, 0.05) is 0 Å². The quantitative estimate of drug-likeness (QED) is 0.515. The number of halogens is 5. The van der Waals surface area contributed by atoms with E-state index in [0.717, 1.165) is 34.1 Å². The summed E-state index contributed by atoms with van der Waals surface area (Å²) in [4.78, 5) is 12.3. The van der Waals surface area contributed by atoms with Crippen LogP contribution in [-0.4, -0.2) is 15.7 Å². The van der Waals surface area contributed by atoms with Crippen LogP contribution >= 0.6 is 27.5 Å². The summed E-state index contributed by atoms with van der Waals surface area (Å²) < 4.78 is 46.6. The fourth-order valence-corrected chi connectivity index (χ4v) is 2.99. The van der Waals surface area contributed by atoms with E-state index in [1.54, 1.807) is 10.7 Å². The maximum absolute atomic E-state index is 12.8. The fraction of sp³-hybridized carbons (Fsp3) is 0.222. The van der Waals surface area contributed by atoms with Crippen LogP contribution in [0.15, 0.2) is 39.2 Å². The fourth-order valence-electron chi connectivity index (χ4n) is 2.54. The highest BCUT2D eigenvalue weighted by molar-refractivity contribution is 9.10. The van der Waals surface area contributed by atoms with E-state index in [4.69, 9.17) is 16.0 Å². The maximum atomic E-state index is 12.8. The van der Waals surface area contributed by atoms with Crippen molar-refractivity contribution in [2.75, 3.05) is 5.32 Å². The van der Waals surface area contributed by atoms with Crippen LogP contribution in [0.4, 0.5) is 18.9 Å². The van der Waals surface area contributed by atoms with Gasteiger partial charge in [0.1, 0.15) is 5.76 Å². The largest absolute Gasteiger partial charge is 0.454 e. The van der Waals surface area contributed by atoms with Crippen molar-refractivity contribution in [1.82, 2.24) is 9.78 Å². The number of benzene rings is 1. The molecule has 10 heteroatoms. The molecule has 148 valence electrons. The van der Waals surface area contributed by atoms with Crippen molar-refractivity contribution >= 4 is 39.1 Å². The molecule has 0 saturated heterocycles. The van der Waals surface area contributed by atoms with Crippen molar-refractivity contribution in [3.8, 4) is 0 Å². The summed E-state index contributed by atoms with van der Waals surface area (Å²) >= 11 is 9.33. The van der Waals surface area contributed by atoms with Gasteiger partial charge in [0.05, 0.1) is 38.7 Å². The second-order valence-corrected chi connectivity index (χ2v) is 7.26. The molecule has 3 rings (SSSR count). The van der Waals surface area contributed by atoms with Crippen molar-refractivity contribution in [2.24, 2.45) is 0 Å². The van der Waals surface area contributed by atoms with E-state index in [-0.39, 0.29) is 16.5 Å². The number of aryl methyl sites for hydroxylation is 1. The highest BCUT2D eigenvalue weighted by atomic mass is 79.9. The molecule has 2 aromatic heterocycles. The van der Waals surface area contributed by atoms with Crippen LogP contribution in [0, 0.1) is 13.8 Å². The predicted molar refractivity (Wildman–Crippen MR) is 102 cm³/mol. The van der Waals surface area contributed by atoms with E-state index in [0.29, 0.717) is 12.3 Å². The highest BCUT2D eigenvalue weighted by Crippen LogP contribution is 2.34. The molecule has 2 heterocycles. The lowest BCUT2D eigenvalue weighted by molar-refractivity contribution is -0.137. The lowest BCUT2D eigenvalue weighted by Gasteiger charge is -2.11. The van der Waals surface area contributed by atoms with Gasteiger partial charge in [0.2, 0.25) is 0 Å². The summed E-state index contributed by atoms with van der Waals surface area (Å²) in [5.74, 6) is -0.288. The molecule has 3 aromatic rings. The van der Waals surface area contributed by atoms with Crippen molar-refractivity contribution in [3.05, 3.63) is 68.3 Å². The smallest absolute Gasteiger partial charge is 0.416 e. The molecule has 0 atom stereocenters. The van der Waals surface area contributed by atoms with E-state index >= 15 is 0 Å². The van der Waals surface area contributed by atoms with Crippen LogP contribution < -0.4 is 5.32 Å². The first-order valence-corrected chi connectivity index (χ1v) is 9.19. The molecule has 0 aliphatic carbocycles. The minimum Gasteiger partial charge on any atom is -0.454 e. The molecule has 0 saturated carbocycles. The van der Waals surface area contributed by atoms with E-state index in [1.165, 1.54) is 6.07 Å². The topological polar surface area (TPSA) is 60.1 Å². The third kappa shape index (κ3) is 4.25. The number of carbonyl (C=O) groups is 1. The van der Waals surface area contributed by atoms with Gasteiger partial charge in [-0.3, -0.25) is 9.48 Å². The number of aromatic nitrogens is 2. The van der Waals surface area contributed by atoms with Gasteiger partial charge in [-0.15, -0.1) is 0 Å². The second-order valence-electron chi connectivity index (χ2n) is 6.05. The van der Waals surface area contributed by atoms with Gasteiger partial charge >= 0.3 is 6.18 Å². The third-order valence-electron chi connectivity index (χ3n) is 4.03. The molecule has 0 aliphatic heterocycles. The molecular formula is C18H14BrClF3N3O2. The van der Waals surface area contributed by atoms with Gasteiger partial charge < -0.3 is 9.73 Å². The number of amides is 1. The molecule has 0 spiro atoms. The van der Waals surface area contributed by atoms with Gasteiger partial charge in [0.15, 0.2) is 5.76 Å². The molecule has 1 N–H and O–H groups in total. The summed E-state index contributed by atoms with van der Waals surface area (Å²) in [7, 11) is 0. The lowest BCUT2D eigenvalue weighted by Crippen LogP contribution is -2.13. The number of hydrogen-bond acceptors (Lipinski definition) is 3. The summed E-state index contributed by atoms with van der Waals surface area (Å²) in [6, 6.07) is 5.74. The Labute approximate surface area is 171 Å². The van der Waals surface area contributed by atoms with E-state index in [9.17, 15) is 18.0 Å². The zero-order chi connectivity index (χ0) is 20.6. The number of hydrogen-bond donors (Lipinski definition) is 1. The van der Waals surface area contributed by atoms with Crippen LogP contribution in [0.2, 0.25) is 5.02 Å². The maximum Gasteiger partial charge on any atom is 0.416 e. The molecule has 1 aromatic carbocycles. The number of anilines is 1. The Bertz CT molecular complexity index is 1040. The molecule has 0 bridgehead atoms. The van der Waals surface area contributed by atoms with E-state index in [2.05, 4.69) is 26.3 Å². The normalized spacial score (nSPS) is 11.7. The van der Waals surface area contributed by atoms with Crippen LogP contribution in [0.5, 0.6) is 0 Å². The van der Waals surface area contributed by atoms with Gasteiger partial charge in [0.25, 0.3) is 5.91 Å². The zero-order valence-electron chi connectivity index (χ0n) is 14.7. The summed E-state index contributed by atoms with van der Waals surface area (Å²) in [5.41, 5.74) is 0.654. The molecule has 0 radical (unpaired) electrons. The Morgan fingerprint density at radius 1 is 1.29 bits per heavy atom. The minimum atomic E-state index is -4.55. The van der Waals surface area contributed by atoms with Crippen LogP contribution in [0.3, 0.4) is 0 Å². The van der Waals surface area contributed by atoms with Crippen molar-refractivity contribution < 1.29 is 22.4 Å². The molecule has 1 amide bonds. The average molecular weight is 477 g/mol. The summed E-state index contributed by atoms with van der Waals surface area (Å²) in [5, 5.41) is 6.69. The number of furan rings is 1. The first-order valence-electron chi connectivity index (χ1n) is 8.02. The van der Waals surface area contributed by atoms with Crippen molar-refractivity contribution in [1.29, 1.82) is 0 Å². The number of nitrogens with one attached hydrogen (secondary N) is 1. The SMILES string of the molecule is Cc1nn(Cc2ccc(C(=O)Nc3cc(C(F)(F)F)ccc3Cl)o2)c(C)c1Br. The van der Waals surface area contributed by atoms with Crippen molar-refractivity contribution in [2.45, 2.75) is 26.6 Å². The standard InChI is InChI=1S/C18H14BrClF3N3O2/c1-9-16(19)10(2)26(25-9)8-12-4-6-15(28-12)17(27)24-14-7-11(18(21,22)23)3-5-13(14)20/h3-7H,8H2,1-2H3,(H,24,27). The van der Waals surface area contributed by atoms with Crippen LogP contribution in [0.25, 0.3) is 0 Å². The molecule has 0 unspecified atom stereocenters. The van der Waals surface area contributed by atoms with Crippen LogP contribution in [-0.2, 0) is 12.7 Å². The first kappa shape index (κ1) is 20.5. The van der Waals surface area contributed by atoms with Gasteiger partial charge in [-0.2, -0.15) is 18.3 Å². The number of alkyl halides is 3. The van der Waals surface area contributed by atoms with E-state index < -0.39 is 17.6 Å². The average Bonchev–Trinajstić information content (AvgIpc) is 3.17. The minimum absolute atomic E-state index is 0.0133. The number of rotatable bonds is 4. The number of carbonyl (C=O) groups excluding carboxylic acids is 1. The van der Waals surface area contributed by atoms with Gasteiger partial charge in [-0.1, -0.05) is 11.6 Å². The summed E-state index contributed by atoms with van der Waals surface area (Å²) in [6.45, 7) is 4.04. The molecule has 0 aliphatic rings. The van der Waals surface area contributed by atoms with E-state index in [1.807, 2.05) is 13.8 Å². The Hall–Kier alpha value is -2.26. The zero-order valence-corrected chi connectivity index (χ0v) is 17.0. The highest BCUT2D eigenvalue weighted by Gasteiger charge is 2.31. The van der Waals surface area contributed by atoms with Crippen LogP contribution in [0.1, 0.15) is 33.3 Å². The lowest BCUT2D eigenvalue weighted by atomic mass is 10.2. The molecular weight excluding hydrogens is 463 g/mol. The Morgan fingerprint density at radius 2 is 2.00 bits per heavy atom. The Balaban J connectivity index is 1.77. The third-order valence-corrected chi connectivity index (χ3v) is 5.50. The summed E-state index contributed by atoms with van der Waals surface area (Å²) in [6.07, 6.45) is -4.55. The second kappa shape index (κ2) is 7.63. The molecule has 0 fully saturated rings. The van der Waals surface area contributed by atoms with Gasteiger partial charge in [-0.25, -0.2) is 0 Å². The molecule has 5 nitrogen and oxygen atoms in total. The molecule has 28 heavy (non-hydrogen) atoms. The monoisotopic (exact) mass is 475 g/mol. The Morgan fingerprint density at radius 3 is 2.61 bits per heavy atom. The number of nitrogens with zero attached hydrogens (tertiary/aromatic N) is 2. The van der Waals surface area contributed by atoms with Gasteiger partial charge in [-0.05, 0) is 60.1 Å². The van der Waals surface area contributed by atoms with Crippen molar-refractivity contribution in [3.63, 3.8) is 0 Å². The predicted octanol–water partition coefficient (Wildman–Crippen LogP) is 5.83.